The topological polar surface area (TPSA) is 51.2 Å². The Morgan fingerprint density at radius 2 is 2.40 bits per heavy atom. The third kappa shape index (κ3) is 1.94. The first-order chi connectivity index (χ1) is 7.15. The molecule has 1 aromatic rings. The number of nitrogens with one attached hydrogen (secondary N) is 1. The molecule has 2 unspecified atom stereocenters. The molecule has 1 aromatic heterocycles. The lowest BCUT2D eigenvalue weighted by atomic mass is 9.77. The van der Waals surface area contributed by atoms with Gasteiger partial charge in [-0.2, -0.15) is 0 Å². The van der Waals surface area contributed by atoms with Crippen molar-refractivity contribution in [1.29, 1.82) is 0 Å². The molecule has 15 heavy (non-hydrogen) atoms. The van der Waals surface area contributed by atoms with Crippen LogP contribution >= 0.6 is 0 Å². The standard InChI is InChI=1S/C12H20N2O/c1-12(2)7-3-5-9(12)11(14-13)10-6-4-8-15-10/h4,6,8-9,11,14H,3,5,7,13H2,1-2H3. The Morgan fingerprint density at radius 3 is 2.87 bits per heavy atom. The quantitative estimate of drug-likeness (QED) is 0.593. The van der Waals surface area contributed by atoms with E-state index in [1.165, 1.54) is 19.3 Å². The van der Waals surface area contributed by atoms with Crippen LogP contribution in [0.15, 0.2) is 22.8 Å². The van der Waals surface area contributed by atoms with Gasteiger partial charge in [0.05, 0.1) is 12.3 Å². The molecule has 3 heteroatoms. The summed E-state index contributed by atoms with van der Waals surface area (Å²) in [5, 5.41) is 0. The monoisotopic (exact) mass is 208 g/mol. The summed E-state index contributed by atoms with van der Waals surface area (Å²) < 4.78 is 5.45. The largest absolute Gasteiger partial charge is 0.468 e. The van der Waals surface area contributed by atoms with E-state index in [-0.39, 0.29) is 6.04 Å². The van der Waals surface area contributed by atoms with Crippen LogP contribution in [-0.4, -0.2) is 0 Å². The van der Waals surface area contributed by atoms with E-state index in [1.54, 1.807) is 6.26 Å². The van der Waals surface area contributed by atoms with Crippen LogP contribution in [0.1, 0.15) is 44.9 Å². The van der Waals surface area contributed by atoms with Crippen molar-refractivity contribution in [3.63, 3.8) is 0 Å². The van der Waals surface area contributed by atoms with Crippen LogP contribution in [0.2, 0.25) is 0 Å². The molecule has 1 aliphatic rings. The fourth-order valence-electron chi connectivity index (χ4n) is 2.84. The van der Waals surface area contributed by atoms with Gasteiger partial charge in [0, 0.05) is 0 Å². The van der Waals surface area contributed by atoms with E-state index in [0.29, 0.717) is 11.3 Å². The number of nitrogens with two attached hydrogens (primary N) is 1. The fourth-order valence-corrected chi connectivity index (χ4v) is 2.84. The molecule has 1 aliphatic carbocycles. The number of rotatable bonds is 3. The predicted molar refractivity (Wildman–Crippen MR) is 59.9 cm³/mol. The maximum atomic E-state index is 5.65. The predicted octanol–water partition coefficient (Wildman–Crippen LogP) is 2.61. The average molecular weight is 208 g/mol. The molecule has 1 heterocycles. The maximum absolute atomic E-state index is 5.65. The fraction of sp³-hybridized carbons (Fsp3) is 0.667. The molecule has 0 amide bonds. The number of hydrogen-bond acceptors (Lipinski definition) is 3. The van der Waals surface area contributed by atoms with E-state index in [0.717, 1.165) is 5.76 Å². The minimum atomic E-state index is 0.150. The highest BCUT2D eigenvalue weighted by Crippen LogP contribution is 2.48. The second-order valence-electron chi connectivity index (χ2n) is 5.15. The van der Waals surface area contributed by atoms with Crippen LogP contribution in [-0.2, 0) is 0 Å². The summed E-state index contributed by atoms with van der Waals surface area (Å²) >= 11 is 0. The minimum absolute atomic E-state index is 0.150. The molecular formula is C12H20N2O. The van der Waals surface area contributed by atoms with Crippen molar-refractivity contribution >= 4 is 0 Å². The SMILES string of the molecule is CC1(C)CCCC1C(NN)c1ccco1. The highest BCUT2D eigenvalue weighted by Gasteiger charge is 2.40. The Balaban J connectivity index is 2.20. The van der Waals surface area contributed by atoms with Crippen LogP contribution < -0.4 is 11.3 Å². The van der Waals surface area contributed by atoms with E-state index in [9.17, 15) is 0 Å². The van der Waals surface area contributed by atoms with Crippen LogP contribution in [0.5, 0.6) is 0 Å². The molecule has 0 aliphatic heterocycles. The van der Waals surface area contributed by atoms with Crippen molar-refractivity contribution < 1.29 is 4.42 Å². The van der Waals surface area contributed by atoms with Gasteiger partial charge in [0.15, 0.2) is 0 Å². The van der Waals surface area contributed by atoms with E-state index >= 15 is 0 Å². The normalized spacial score (nSPS) is 26.7. The summed E-state index contributed by atoms with van der Waals surface area (Å²) in [6.45, 7) is 4.63. The van der Waals surface area contributed by atoms with Crippen molar-refractivity contribution in [2.75, 3.05) is 0 Å². The van der Waals surface area contributed by atoms with Gasteiger partial charge >= 0.3 is 0 Å². The Hall–Kier alpha value is -0.800. The minimum Gasteiger partial charge on any atom is -0.468 e. The molecule has 1 saturated carbocycles. The van der Waals surface area contributed by atoms with E-state index in [1.807, 2.05) is 12.1 Å². The molecule has 1 fully saturated rings. The molecule has 0 bridgehead atoms. The zero-order chi connectivity index (χ0) is 10.9. The molecule has 2 rings (SSSR count). The van der Waals surface area contributed by atoms with Gasteiger partial charge in [-0.3, -0.25) is 5.84 Å². The van der Waals surface area contributed by atoms with Gasteiger partial charge in [0.2, 0.25) is 0 Å². The maximum Gasteiger partial charge on any atom is 0.122 e. The van der Waals surface area contributed by atoms with Crippen molar-refractivity contribution in [2.24, 2.45) is 17.2 Å². The van der Waals surface area contributed by atoms with E-state index < -0.39 is 0 Å². The van der Waals surface area contributed by atoms with Gasteiger partial charge in [-0.25, -0.2) is 5.43 Å². The number of hydrazine groups is 1. The second kappa shape index (κ2) is 3.99. The third-order valence-corrected chi connectivity index (χ3v) is 3.77. The van der Waals surface area contributed by atoms with Crippen molar-refractivity contribution in [1.82, 2.24) is 5.43 Å². The zero-order valence-electron chi connectivity index (χ0n) is 9.49. The molecule has 0 saturated heterocycles. The van der Waals surface area contributed by atoms with Crippen LogP contribution in [0.4, 0.5) is 0 Å². The molecule has 84 valence electrons. The van der Waals surface area contributed by atoms with E-state index in [4.69, 9.17) is 10.3 Å². The van der Waals surface area contributed by atoms with Gasteiger partial charge in [-0.05, 0) is 36.3 Å². The third-order valence-electron chi connectivity index (χ3n) is 3.77. The van der Waals surface area contributed by atoms with Crippen LogP contribution in [0.3, 0.4) is 0 Å². The molecule has 2 atom stereocenters. The molecule has 0 spiro atoms. The molecule has 3 nitrogen and oxygen atoms in total. The summed E-state index contributed by atoms with van der Waals surface area (Å²) in [6, 6.07) is 4.07. The Kier molecular flexibility index (Phi) is 2.85. The smallest absolute Gasteiger partial charge is 0.122 e. The van der Waals surface area contributed by atoms with Crippen molar-refractivity contribution in [3.05, 3.63) is 24.2 Å². The first-order valence-corrected chi connectivity index (χ1v) is 5.65. The van der Waals surface area contributed by atoms with Gasteiger partial charge < -0.3 is 4.42 Å². The average Bonchev–Trinajstić information content (AvgIpc) is 2.78. The van der Waals surface area contributed by atoms with Gasteiger partial charge in [-0.1, -0.05) is 20.3 Å². The number of hydrogen-bond donors (Lipinski definition) is 2. The molecule has 0 radical (unpaired) electrons. The molecular weight excluding hydrogens is 188 g/mol. The highest BCUT2D eigenvalue weighted by molar-refractivity contribution is 5.08. The summed E-state index contributed by atoms with van der Waals surface area (Å²) in [5.74, 6) is 7.17. The van der Waals surface area contributed by atoms with Crippen LogP contribution in [0.25, 0.3) is 0 Å². The summed E-state index contributed by atoms with van der Waals surface area (Å²) in [4.78, 5) is 0. The van der Waals surface area contributed by atoms with Crippen molar-refractivity contribution in [2.45, 2.75) is 39.2 Å². The first kappa shape index (κ1) is 10.7. The van der Waals surface area contributed by atoms with Gasteiger partial charge in [-0.15, -0.1) is 0 Å². The first-order valence-electron chi connectivity index (χ1n) is 5.65. The summed E-state index contributed by atoms with van der Waals surface area (Å²) in [5.41, 5.74) is 3.26. The number of furan rings is 1. The second-order valence-corrected chi connectivity index (χ2v) is 5.15. The summed E-state index contributed by atoms with van der Waals surface area (Å²) in [6.07, 6.45) is 5.50. The van der Waals surface area contributed by atoms with E-state index in [2.05, 4.69) is 19.3 Å². The lowest BCUT2D eigenvalue weighted by molar-refractivity contribution is 0.181. The Morgan fingerprint density at radius 1 is 1.60 bits per heavy atom. The van der Waals surface area contributed by atoms with Crippen LogP contribution in [0, 0.1) is 11.3 Å². The lowest BCUT2D eigenvalue weighted by Gasteiger charge is -2.32. The highest BCUT2D eigenvalue weighted by atomic mass is 16.3. The molecule has 3 N–H and O–H groups in total. The van der Waals surface area contributed by atoms with Gasteiger partial charge in [0.1, 0.15) is 5.76 Å². The van der Waals surface area contributed by atoms with Crippen molar-refractivity contribution in [3.8, 4) is 0 Å². The zero-order valence-corrected chi connectivity index (χ0v) is 9.49. The lowest BCUT2D eigenvalue weighted by Crippen LogP contribution is -2.37. The molecule has 0 aromatic carbocycles. The van der Waals surface area contributed by atoms with Gasteiger partial charge in [0.25, 0.3) is 0 Å². The summed E-state index contributed by atoms with van der Waals surface area (Å²) in [7, 11) is 0. The Bertz CT molecular complexity index is 305. The Labute approximate surface area is 91.0 Å².